The maximum atomic E-state index is 12.1. The van der Waals surface area contributed by atoms with Crippen molar-refractivity contribution >= 4 is 11.9 Å². The molecule has 20 heavy (non-hydrogen) atoms. The number of nitrogens with one attached hydrogen (secondary N) is 1. The molecule has 1 aliphatic heterocycles. The Bertz CT molecular complexity index is 352. The summed E-state index contributed by atoms with van der Waals surface area (Å²) in [4.78, 5) is 24.0. The molecule has 5 nitrogen and oxygen atoms in total. The van der Waals surface area contributed by atoms with Crippen molar-refractivity contribution in [1.29, 1.82) is 0 Å². The minimum Gasteiger partial charge on any atom is -0.481 e. The monoisotopic (exact) mass is 296 g/mol. The van der Waals surface area contributed by atoms with E-state index in [0.717, 1.165) is 0 Å². The molecule has 0 aromatic heterocycles. The molecule has 0 aromatic carbocycles. The van der Waals surface area contributed by atoms with E-state index in [1.165, 1.54) is 11.8 Å². The molecule has 0 bridgehead atoms. The van der Waals surface area contributed by atoms with Crippen molar-refractivity contribution in [3.63, 3.8) is 0 Å². The first-order valence-electron chi connectivity index (χ1n) is 6.49. The van der Waals surface area contributed by atoms with Gasteiger partial charge in [0.1, 0.15) is 0 Å². The Hall–Kier alpha value is -1.31. The van der Waals surface area contributed by atoms with E-state index in [1.54, 1.807) is 0 Å². The summed E-state index contributed by atoms with van der Waals surface area (Å²) < 4.78 is 36.3. The third-order valence-electron chi connectivity index (χ3n) is 3.34. The second kappa shape index (κ2) is 6.92. The Kier molecular flexibility index (Phi) is 5.79. The predicted molar refractivity (Wildman–Crippen MR) is 65.1 cm³/mol. The lowest BCUT2D eigenvalue weighted by Gasteiger charge is -2.30. The topological polar surface area (TPSA) is 69.6 Å². The number of carboxylic acids is 1. The van der Waals surface area contributed by atoms with E-state index in [2.05, 4.69) is 5.32 Å². The first-order chi connectivity index (χ1) is 9.19. The van der Waals surface area contributed by atoms with Gasteiger partial charge in [-0.15, -0.1) is 0 Å². The normalized spacial score (nSPS) is 18.9. The second-order valence-electron chi connectivity index (χ2n) is 5.09. The highest BCUT2D eigenvalue weighted by Gasteiger charge is 2.31. The summed E-state index contributed by atoms with van der Waals surface area (Å²) in [6.07, 6.45) is -4.46. The van der Waals surface area contributed by atoms with E-state index in [0.29, 0.717) is 25.9 Å². The maximum Gasteiger partial charge on any atom is 0.390 e. The van der Waals surface area contributed by atoms with E-state index in [4.69, 9.17) is 5.11 Å². The fraction of sp³-hybridized carbons (Fsp3) is 0.833. The molecule has 0 spiro atoms. The van der Waals surface area contributed by atoms with Gasteiger partial charge in [0.25, 0.3) is 0 Å². The highest BCUT2D eigenvalue weighted by molar-refractivity contribution is 5.79. The lowest BCUT2D eigenvalue weighted by Crippen LogP contribution is -2.46. The number of carbonyl (C=O) groups excluding carboxylic acids is 1. The summed E-state index contributed by atoms with van der Waals surface area (Å²) in [7, 11) is 0. The Morgan fingerprint density at radius 3 is 2.35 bits per heavy atom. The molecule has 2 N–H and O–H groups in total. The van der Waals surface area contributed by atoms with Crippen molar-refractivity contribution in [3.05, 3.63) is 0 Å². The Morgan fingerprint density at radius 1 is 1.35 bits per heavy atom. The Morgan fingerprint density at radius 2 is 1.90 bits per heavy atom. The van der Waals surface area contributed by atoms with Crippen LogP contribution in [0, 0.1) is 5.92 Å². The quantitative estimate of drug-likeness (QED) is 0.801. The highest BCUT2D eigenvalue weighted by Crippen LogP contribution is 2.21. The zero-order chi connectivity index (χ0) is 15.3. The average molecular weight is 296 g/mol. The van der Waals surface area contributed by atoms with Gasteiger partial charge in [-0.2, -0.15) is 13.2 Å². The molecule has 1 amide bonds. The van der Waals surface area contributed by atoms with Crippen LogP contribution in [-0.4, -0.2) is 53.7 Å². The van der Waals surface area contributed by atoms with Gasteiger partial charge < -0.3 is 15.3 Å². The predicted octanol–water partition coefficient (Wildman–Crippen LogP) is 1.24. The molecule has 0 aliphatic carbocycles. The molecule has 1 rings (SSSR count). The first-order valence-corrected chi connectivity index (χ1v) is 6.49. The number of halogens is 3. The maximum absolute atomic E-state index is 12.1. The zero-order valence-electron chi connectivity index (χ0n) is 11.2. The van der Waals surface area contributed by atoms with Crippen molar-refractivity contribution in [2.75, 3.05) is 19.6 Å². The van der Waals surface area contributed by atoms with Gasteiger partial charge in [0.15, 0.2) is 0 Å². The summed E-state index contributed by atoms with van der Waals surface area (Å²) in [5, 5.41) is 11.4. The van der Waals surface area contributed by atoms with Crippen LogP contribution in [0.4, 0.5) is 13.2 Å². The number of rotatable bonds is 5. The summed E-state index contributed by atoms with van der Waals surface area (Å²) in [6.45, 7) is 1.89. The number of hydrogen-bond donors (Lipinski definition) is 2. The van der Waals surface area contributed by atoms with Gasteiger partial charge in [0.05, 0.1) is 18.9 Å². The first kappa shape index (κ1) is 16.7. The molecule has 116 valence electrons. The van der Waals surface area contributed by atoms with Crippen molar-refractivity contribution in [2.45, 2.75) is 38.4 Å². The lowest BCUT2D eigenvalue weighted by atomic mass is 9.97. The van der Waals surface area contributed by atoms with Crippen molar-refractivity contribution in [1.82, 2.24) is 10.2 Å². The number of amides is 1. The van der Waals surface area contributed by atoms with E-state index in [9.17, 15) is 22.8 Å². The van der Waals surface area contributed by atoms with Gasteiger partial charge in [0, 0.05) is 19.1 Å². The molecule has 1 aliphatic rings. The van der Waals surface area contributed by atoms with E-state index in [-0.39, 0.29) is 12.5 Å². The molecule has 0 aromatic rings. The number of aliphatic carboxylic acids is 1. The second-order valence-corrected chi connectivity index (χ2v) is 5.09. The van der Waals surface area contributed by atoms with Gasteiger partial charge in [0.2, 0.25) is 5.91 Å². The van der Waals surface area contributed by atoms with Crippen LogP contribution in [0.2, 0.25) is 0 Å². The van der Waals surface area contributed by atoms with Crippen LogP contribution in [0.1, 0.15) is 26.2 Å². The summed E-state index contributed by atoms with van der Waals surface area (Å²) in [5.41, 5.74) is 0. The van der Waals surface area contributed by atoms with E-state index >= 15 is 0 Å². The molecule has 1 fully saturated rings. The van der Waals surface area contributed by atoms with Crippen molar-refractivity contribution in [2.24, 2.45) is 5.92 Å². The number of carboxylic acid groups (broad SMARTS) is 1. The smallest absolute Gasteiger partial charge is 0.390 e. The van der Waals surface area contributed by atoms with Crippen LogP contribution < -0.4 is 5.32 Å². The van der Waals surface area contributed by atoms with Gasteiger partial charge in [-0.1, -0.05) is 0 Å². The molecule has 1 atom stereocenters. The Balaban J connectivity index is 2.29. The minimum absolute atomic E-state index is 0.158. The molecular weight excluding hydrogens is 277 g/mol. The van der Waals surface area contributed by atoms with Gasteiger partial charge in [-0.25, -0.2) is 0 Å². The standard InChI is InChI=1S/C12H19F3N2O3/c1-8(6-12(13,14)15)16-7-10(18)17-4-2-9(3-5-17)11(19)20/h8-9,16H,2-7H2,1H3,(H,19,20). The Labute approximate surface area is 115 Å². The fourth-order valence-electron chi connectivity index (χ4n) is 2.17. The number of carbonyl (C=O) groups is 2. The lowest BCUT2D eigenvalue weighted by molar-refractivity contribution is -0.145. The molecule has 0 saturated carbocycles. The van der Waals surface area contributed by atoms with Crippen molar-refractivity contribution in [3.8, 4) is 0 Å². The molecule has 1 unspecified atom stereocenters. The van der Waals surface area contributed by atoms with Crippen LogP contribution >= 0.6 is 0 Å². The third kappa shape index (κ3) is 5.77. The molecule has 8 heteroatoms. The van der Waals surface area contributed by atoms with Gasteiger partial charge in [-0.05, 0) is 19.8 Å². The van der Waals surface area contributed by atoms with E-state index < -0.39 is 30.5 Å². The average Bonchev–Trinajstić information content (AvgIpc) is 2.34. The molecule has 1 saturated heterocycles. The molecular formula is C12H19F3N2O3. The fourth-order valence-corrected chi connectivity index (χ4v) is 2.17. The summed E-state index contributed by atoms with van der Waals surface area (Å²) >= 11 is 0. The van der Waals surface area contributed by atoms with Crippen LogP contribution in [0.3, 0.4) is 0 Å². The minimum atomic E-state index is -4.25. The number of alkyl halides is 3. The van der Waals surface area contributed by atoms with Crippen LogP contribution in [0.5, 0.6) is 0 Å². The van der Waals surface area contributed by atoms with E-state index in [1.807, 2.05) is 0 Å². The molecule has 0 radical (unpaired) electrons. The summed E-state index contributed by atoms with van der Waals surface area (Å²) in [5.74, 6) is -1.59. The zero-order valence-corrected chi connectivity index (χ0v) is 11.2. The summed E-state index contributed by atoms with van der Waals surface area (Å²) in [6, 6.07) is -0.824. The number of piperidine rings is 1. The third-order valence-corrected chi connectivity index (χ3v) is 3.34. The SMILES string of the molecule is CC(CC(F)(F)F)NCC(=O)N1CCC(C(=O)O)CC1. The van der Waals surface area contributed by atoms with Crippen LogP contribution in [0.15, 0.2) is 0 Å². The van der Waals surface area contributed by atoms with Crippen molar-refractivity contribution < 1.29 is 27.9 Å². The van der Waals surface area contributed by atoms with Gasteiger partial charge >= 0.3 is 12.1 Å². The van der Waals surface area contributed by atoms with Crippen LogP contribution in [0.25, 0.3) is 0 Å². The number of likely N-dealkylation sites (tertiary alicyclic amines) is 1. The number of hydrogen-bond acceptors (Lipinski definition) is 3. The largest absolute Gasteiger partial charge is 0.481 e. The van der Waals surface area contributed by atoms with Crippen LogP contribution in [-0.2, 0) is 9.59 Å². The highest BCUT2D eigenvalue weighted by atomic mass is 19.4. The number of nitrogens with zero attached hydrogens (tertiary/aromatic N) is 1. The van der Waals surface area contributed by atoms with Gasteiger partial charge in [-0.3, -0.25) is 9.59 Å². The molecule has 1 heterocycles.